The van der Waals surface area contributed by atoms with Crippen molar-refractivity contribution in [2.24, 2.45) is 5.92 Å². The van der Waals surface area contributed by atoms with Crippen molar-refractivity contribution in [2.75, 3.05) is 7.05 Å². The van der Waals surface area contributed by atoms with Crippen LogP contribution >= 0.6 is 0 Å². The molecule has 1 fully saturated rings. The Morgan fingerprint density at radius 3 is 2.75 bits per heavy atom. The Bertz CT molecular complexity index is 418. The minimum absolute atomic E-state index is 0.300. The van der Waals surface area contributed by atoms with E-state index >= 15 is 0 Å². The quantitative estimate of drug-likeness (QED) is 0.862. The molecule has 2 rings (SSSR count). The maximum absolute atomic E-state index is 6.42. The maximum atomic E-state index is 6.42. The highest BCUT2D eigenvalue weighted by Crippen LogP contribution is 2.33. The molecule has 1 aliphatic carbocycles. The van der Waals surface area contributed by atoms with E-state index in [1.165, 1.54) is 18.4 Å². The van der Waals surface area contributed by atoms with Gasteiger partial charge in [-0.05, 0) is 56.2 Å². The molecule has 20 heavy (non-hydrogen) atoms. The summed E-state index contributed by atoms with van der Waals surface area (Å²) < 4.78 is 6.42. The second kappa shape index (κ2) is 7.12. The molecule has 112 valence electrons. The summed E-state index contributed by atoms with van der Waals surface area (Å²) in [5.74, 6) is 2.40. The monoisotopic (exact) mass is 275 g/mol. The van der Waals surface area contributed by atoms with E-state index < -0.39 is 0 Å². The fraction of sp³-hybridized carbons (Fsp3) is 0.667. The minimum Gasteiger partial charge on any atom is -0.489 e. The lowest BCUT2D eigenvalue weighted by atomic mass is 9.85. The third-order valence-corrected chi connectivity index (χ3v) is 4.77. The van der Waals surface area contributed by atoms with Gasteiger partial charge in [0.2, 0.25) is 0 Å². The minimum atomic E-state index is 0.300. The normalized spacial score (nSPS) is 28.1. The predicted octanol–water partition coefficient (Wildman–Crippen LogP) is 4.36. The van der Waals surface area contributed by atoms with E-state index in [9.17, 15) is 0 Å². The fourth-order valence-electron chi connectivity index (χ4n) is 3.17. The molecule has 0 bridgehead atoms. The summed E-state index contributed by atoms with van der Waals surface area (Å²) in [7, 11) is 2.05. The van der Waals surface area contributed by atoms with Crippen LogP contribution in [0.3, 0.4) is 0 Å². The van der Waals surface area contributed by atoms with E-state index in [0.29, 0.717) is 18.1 Å². The van der Waals surface area contributed by atoms with Crippen LogP contribution in [0.5, 0.6) is 5.75 Å². The molecule has 4 atom stereocenters. The third kappa shape index (κ3) is 3.54. The summed E-state index contributed by atoms with van der Waals surface area (Å²) in [6.07, 6.45) is 5.12. The Labute approximate surface area is 123 Å². The van der Waals surface area contributed by atoms with Crippen LogP contribution in [0.1, 0.15) is 57.9 Å². The smallest absolute Gasteiger partial charge is 0.123 e. The van der Waals surface area contributed by atoms with Crippen LogP contribution in [0.25, 0.3) is 0 Å². The second-order valence-electron chi connectivity index (χ2n) is 6.32. The topological polar surface area (TPSA) is 21.3 Å². The van der Waals surface area contributed by atoms with Crippen LogP contribution in [-0.4, -0.2) is 19.2 Å². The van der Waals surface area contributed by atoms with Crippen molar-refractivity contribution in [3.05, 3.63) is 29.8 Å². The first-order valence-corrected chi connectivity index (χ1v) is 8.08. The van der Waals surface area contributed by atoms with Gasteiger partial charge in [0.05, 0.1) is 0 Å². The summed E-state index contributed by atoms with van der Waals surface area (Å²) >= 11 is 0. The highest BCUT2D eigenvalue weighted by Gasteiger charge is 2.29. The lowest BCUT2D eigenvalue weighted by molar-refractivity contribution is 0.0931. The zero-order chi connectivity index (χ0) is 14.5. The number of likely N-dealkylation sites (N-methyl/N-ethyl adjacent to an activating group) is 1. The fourth-order valence-corrected chi connectivity index (χ4v) is 3.17. The third-order valence-electron chi connectivity index (χ3n) is 4.77. The molecule has 0 amide bonds. The predicted molar refractivity (Wildman–Crippen MR) is 85.4 cm³/mol. The average molecular weight is 275 g/mol. The highest BCUT2D eigenvalue weighted by molar-refractivity contribution is 5.36. The van der Waals surface area contributed by atoms with E-state index in [0.717, 1.165) is 24.5 Å². The van der Waals surface area contributed by atoms with Crippen molar-refractivity contribution in [2.45, 2.75) is 64.5 Å². The molecular weight excluding hydrogens is 246 g/mol. The number of nitrogens with one attached hydrogen (secondary N) is 1. The Balaban J connectivity index is 2.15. The van der Waals surface area contributed by atoms with E-state index in [1.54, 1.807) is 0 Å². The van der Waals surface area contributed by atoms with Crippen molar-refractivity contribution in [3.8, 4) is 5.75 Å². The molecular formula is C18H29NO. The largest absolute Gasteiger partial charge is 0.489 e. The van der Waals surface area contributed by atoms with Gasteiger partial charge in [0.15, 0.2) is 0 Å². The van der Waals surface area contributed by atoms with Crippen LogP contribution in [0, 0.1) is 5.92 Å². The molecule has 4 unspecified atom stereocenters. The summed E-state index contributed by atoms with van der Waals surface area (Å²) in [4.78, 5) is 0. The molecule has 1 aliphatic rings. The lowest BCUT2D eigenvalue weighted by Crippen LogP contribution is -2.45. The van der Waals surface area contributed by atoms with Crippen molar-refractivity contribution < 1.29 is 4.74 Å². The van der Waals surface area contributed by atoms with Crippen LogP contribution in [0.15, 0.2) is 24.3 Å². The van der Waals surface area contributed by atoms with Gasteiger partial charge < -0.3 is 10.1 Å². The molecule has 0 heterocycles. The van der Waals surface area contributed by atoms with Gasteiger partial charge >= 0.3 is 0 Å². The first kappa shape index (κ1) is 15.4. The van der Waals surface area contributed by atoms with Crippen LogP contribution < -0.4 is 10.1 Å². The molecule has 0 radical (unpaired) electrons. The number of rotatable bonds is 5. The number of benzene rings is 1. The van der Waals surface area contributed by atoms with Gasteiger partial charge in [-0.25, -0.2) is 0 Å². The summed E-state index contributed by atoms with van der Waals surface area (Å²) in [5.41, 5.74) is 1.35. The molecule has 1 saturated carbocycles. The number of hydrogen-bond donors (Lipinski definition) is 1. The molecule has 2 nitrogen and oxygen atoms in total. The van der Waals surface area contributed by atoms with Gasteiger partial charge in [-0.2, -0.15) is 0 Å². The Kier molecular flexibility index (Phi) is 5.47. The summed E-state index contributed by atoms with van der Waals surface area (Å²) in [6, 6.07) is 9.03. The van der Waals surface area contributed by atoms with Crippen molar-refractivity contribution >= 4 is 0 Å². The van der Waals surface area contributed by atoms with E-state index in [4.69, 9.17) is 4.74 Å². The molecule has 0 aromatic heterocycles. The molecule has 0 aliphatic heterocycles. The Morgan fingerprint density at radius 2 is 2.05 bits per heavy atom. The van der Waals surface area contributed by atoms with Gasteiger partial charge in [-0.15, -0.1) is 0 Å². The van der Waals surface area contributed by atoms with E-state index in [2.05, 4.69) is 57.4 Å². The van der Waals surface area contributed by atoms with Gasteiger partial charge in [0.25, 0.3) is 0 Å². The van der Waals surface area contributed by atoms with Gasteiger partial charge in [-0.1, -0.05) is 39.0 Å². The Morgan fingerprint density at radius 1 is 1.30 bits per heavy atom. The van der Waals surface area contributed by atoms with Crippen molar-refractivity contribution in [3.63, 3.8) is 0 Å². The zero-order valence-electron chi connectivity index (χ0n) is 13.4. The summed E-state index contributed by atoms with van der Waals surface area (Å²) in [6.45, 7) is 6.85. The molecule has 1 aromatic carbocycles. The molecule has 2 heteroatoms. The van der Waals surface area contributed by atoms with Crippen molar-refractivity contribution in [1.29, 1.82) is 0 Å². The maximum Gasteiger partial charge on any atom is 0.123 e. The van der Waals surface area contributed by atoms with Gasteiger partial charge in [-0.3, -0.25) is 0 Å². The molecule has 1 aromatic rings. The van der Waals surface area contributed by atoms with E-state index in [1.807, 2.05) is 0 Å². The number of para-hydroxylation sites is 1. The first-order chi connectivity index (χ1) is 9.65. The van der Waals surface area contributed by atoms with Crippen LogP contribution in [0.4, 0.5) is 0 Å². The second-order valence-corrected chi connectivity index (χ2v) is 6.32. The van der Waals surface area contributed by atoms with Gasteiger partial charge in [0, 0.05) is 6.04 Å². The van der Waals surface area contributed by atoms with Crippen molar-refractivity contribution in [1.82, 2.24) is 5.32 Å². The van der Waals surface area contributed by atoms with E-state index in [-0.39, 0.29) is 0 Å². The first-order valence-electron chi connectivity index (χ1n) is 8.08. The molecule has 1 N–H and O–H groups in total. The van der Waals surface area contributed by atoms with Gasteiger partial charge in [0.1, 0.15) is 11.9 Å². The lowest BCUT2D eigenvalue weighted by Gasteiger charge is -2.35. The SMILES string of the molecule is CCC(C)c1ccccc1OC1CC(C)CCC1NC. The zero-order valence-corrected chi connectivity index (χ0v) is 13.4. The molecule has 0 saturated heterocycles. The number of ether oxygens (including phenoxy) is 1. The highest BCUT2D eigenvalue weighted by atomic mass is 16.5. The number of hydrogen-bond acceptors (Lipinski definition) is 2. The molecule has 0 spiro atoms. The Hall–Kier alpha value is -1.02. The van der Waals surface area contributed by atoms with Crippen LogP contribution in [0.2, 0.25) is 0 Å². The van der Waals surface area contributed by atoms with Crippen LogP contribution in [-0.2, 0) is 0 Å². The standard InChI is InChI=1S/C18H29NO/c1-5-14(3)15-8-6-7-9-17(15)20-18-12-13(2)10-11-16(18)19-4/h6-9,13-14,16,18-19H,5,10-12H2,1-4H3. The average Bonchev–Trinajstić information content (AvgIpc) is 2.47. The summed E-state index contributed by atoms with van der Waals surface area (Å²) in [5, 5.41) is 3.43.